The highest BCUT2D eigenvalue weighted by molar-refractivity contribution is 8.26. The van der Waals surface area contributed by atoms with E-state index in [0.717, 1.165) is 22.9 Å². The molecule has 1 fully saturated rings. The van der Waals surface area contributed by atoms with Gasteiger partial charge in [-0.25, -0.2) is 0 Å². The molecule has 3 aromatic rings. The Labute approximate surface area is 219 Å². The van der Waals surface area contributed by atoms with E-state index < -0.39 is 0 Å². The van der Waals surface area contributed by atoms with E-state index in [-0.39, 0.29) is 35.9 Å². The predicted molar refractivity (Wildman–Crippen MR) is 147 cm³/mol. The number of benzene rings is 3. The van der Waals surface area contributed by atoms with Crippen LogP contribution in [0.4, 0.5) is 11.4 Å². The van der Waals surface area contributed by atoms with Crippen LogP contribution >= 0.6 is 24.0 Å². The van der Waals surface area contributed by atoms with Crippen LogP contribution in [-0.4, -0.2) is 33.5 Å². The maximum absolute atomic E-state index is 13.7. The normalized spacial score (nSPS) is 18.0. The molecule has 36 heavy (non-hydrogen) atoms. The molecule has 8 heteroatoms. The molecule has 1 N–H and O–H groups in total. The molecule has 5 rings (SSSR count). The number of carbonyl (C=O) groups is 3. The molecule has 2 aliphatic rings. The van der Waals surface area contributed by atoms with Crippen molar-refractivity contribution in [1.82, 2.24) is 4.90 Å². The van der Waals surface area contributed by atoms with Crippen LogP contribution in [0.15, 0.2) is 83.8 Å². The summed E-state index contributed by atoms with van der Waals surface area (Å²) in [5.41, 5.74) is 4.14. The minimum atomic E-state index is -0.386. The molecule has 1 atom stereocenters. The van der Waals surface area contributed by atoms with Crippen molar-refractivity contribution in [2.75, 3.05) is 16.8 Å². The number of thiocarbonyl (C=S) groups is 1. The Balaban J connectivity index is 1.46. The first-order valence-corrected chi connectivity index (χ1v) is 12.7. The molecule has 1 unspecified atom stereocenters. The number of thioether (sulfide) groups is 1. The lowest BCUT2D eigenvalue weighted by atomic mass is 10.1. The topological polar surface area (TPSA) is 69.7 Å². The lowest BCUT2D eigenvalue weighted by Crippen LogP contribution is -2.35. The van der Waals surface area contributed by atoms with Gasteiger partial charge in [0, 0.05) is 11.3 Å². The third kappa shape index (κ3) is 4.34. The van der Waals surface area contributed by atoms with Crippen molar-refractivity contribution < 1.29 is 14.4 Å². The second-order valence-corrected chi connectivity index (χ2v) is 10.3. The van der Waals surface area contributed by atoms with Crippen LogP contribution in [0.5, 0.6) is 0 Å². The van der Waals surface area contributed by atoms with Crippen molar-refractivity contribution in [3.05, 3.63) is 100 Å². The number of fused-ring (bicyclic) bond motifs is 1. The van der Waals surface area contributed by atoms with Gasteiger partial charge in [-0.3, -0.25) is 24.2 Å². The summed E-state index contributed by atoms with van der Waals surface area (Å²) in [6.07, 6.45) is 0. The number of amides is 3. The van der Waals surface area contributed by atoms with Gasteiger partial charge in [0.05, 0.1) is 22.2 Å². The number of aryl methyl sites for hydroxylation is 1. The van der Waals surface area contributed by atoms with E-state index in [2.05, 4.69) is 5.32 Å². The molecule has 1 saturated heterocycles. The molecule has 0 spiro atoms. The Morgan fingerprint density at radius 1 is 0.972 bits per heavy atom. The fourth-order valence-corrected chi connectivity index (χ4v) is 5.96. The van der Waals surface area contributed by atoms with E-state index in [9.17, 15) is 14.4 Å². The highest BCUT2D eigenvalue weighted by atomic mass is 32.2. The van der Waals surface area contributed by atoms with Gasteiger partial charge in [0.15, 0.2) is 0 Å². The fraction of sp³-hybridized carbons (Fsp3) is 0.143. The standard InChI is InChI=1S/C28H23N3O3S2/c1-17-9-8-12-20(15-17)29-23(32)16-30-22-14-7-6-13-21(22)24(26(30)33)25-27(34)31(28(35)36-25)18(2)19-10-4-3-5-11-19/h3-15,18H,16H2,1-2H3,(H,29,32). The van der Waals surface area contributed by atoms with Gasteiger partial charge in [-0.15, -0.1) is 0 Å². The second kappa shape index (κ2) is 9.72. The van der Waals surface area contributed by atoms with Crippen molar-refractivity contribution in [1.29, 1.82) is 0 Å². The van der Waals surface area contributed by atoms with Crippen molar-refractivity contribution in [2.45, 2.75) is 19.9 Å². The highest BCUT2D eigenvalue weighted by Gasteiger charge is 2.43. The summed E-state index contributed by atoms with van der Waals surface area (Å²) in [5.74, 6) is -1.01. The van der Waals surface area contributed by atoms with Crippen LogP contribution in [0.1, 0.15) is 29.7 Å². The SMILES string of the molecule is Cc1cccc(NC(=O)CN2C(=O)C(=C3SC(=S)N(C(C)c4ccccc4)C3=O)c3ccccc32)c1. The largest absolute Gasteiger partial charge is 0.325 e. The first-order valence-electron chi connectivity index (χ1n) is 11.5. The number of carbonyl (C=O) groups excluding carboxylic acids is 3. The summed E-state index contributed by atoms with van der Waals surface area (Å²) in [5, 5.41) is 2.85. The summed E-state index contributed by atoms with van der Waals surface area (Å²) in [6.45, 7) is 3.69. The fourth-order valence-electron chi connectivity index (χ4n) is 4.47. The first-order chi connectivity index (χ1) is 17.3. The zero-order valence-corrected chi connectivity index (χ0v) is 21.4. The van der Waals surface area contributed by atoms with Crippen molar-refractivity contribution in [3.63, 3.8) is 0 Å². The third-order valence-corrected chi connectivity index (χ3v) is 7.62. The lowest BCUT2D eigenvalue weighted by molar-refractivity contribution is -0.123. The number of hydrogen-bond acceptors (Lipinski definition) is 5. The number of rotatable bonds is 5. The smallest absolute Gasteiger partial charge is 0.267 e. The van der Waals surface area contributed by atoms with Crippen LogP contribution in [-0.2, 0) is 14.4 Å². The Kier molecular flexibility index (Phi) is 6.47. The molecule has 3 aromatic carbocycles. The Bertz CT molecular complexity index is 1430. The zero-order chi connectivity index (χ0) is 25.4. The van der Waals surface area contributed by atoms with E-state index >= 15 is 0 Å². The van der Waals surface area contributed by atoms with E-state index in [4.69, 9.17) is 12.2 Å². The molecular formula is C28H23N3O3S2. The summed E-state index contributed by atoms with van der Waals surface area (Å²) < 4.78 is 0.403. The van der Waals surface area contributed by atoms with Gasteiger partial charge in [-0.1, -0.05) is 84.6 Å². The minimum absolute atomic E-state index is 0.173. The van der Waals surface area contributed by atoms with E-state index in [1.54, 1.807) is 23.1 Å². The molecule has 0 bridgehead atoms. The van der Waals surface area contributed by atoms with Crippen LogP contribution in [0.3, 0.4) is 0 Å². The molecule has 0 saturated carbocycles. The maximum atomic E-state index is 13.7. The number of hydrogen-bond donors (Lipinski definition) is 1. The van der Waals surface area contributed by atoms with Gasteiger partial charge in [0.2, 0.25) is 5.91 Å². The molecule has 2 aliphatic heterocycles. The van der Waals surface area contributed by atoms with Gasteiger partial charge in [0.1, 0.15) is 10.9 Å². The van der Waals surface area contributed by atoms with Gasteiger partial charge in [-0.05, 0) is 43.2 Å². The molecule has 6 nitrogen and oxygen atoms in total. The quantitative estimate of drug-likeness (QED) is 0.370. The van der Waals surface area contributed by atoms with Crippen molar-refractivity contribution in [3.8, 4) is 0 Å². The van der Waals surface area contributed by atoms with Crippen molar-refractivity contribution in [2.24, 2.45) is 0 Å². The molecule has 3 amide bonds. The first kappa shape index (κ1) is 24.0. The second-order valence-electron chi connectivity index (χ2n) is 8.66. The van der Waals surface area contributed by atoms with Gasteiger partial charge in [-0.2, -0.15) is 0 Å². The van der Waals surface area contributed by atoms with Crippen molar-refractivity contribution >= 4 is 63.0 Å². The summed E-state index contributed by atoms with van der Waals surface area (Å²) >= 11 is 6.71. The van der Waals surface area contributed by atoms with Crippen LogP contribution in [0.25, 0.3) is 5.57 Å². The number of nitrogens with one attached hydrogen (secondary N) is 1. The molecule has 0 aliphatic carbocycles. The minimum Gasteiger partial charge on any atom is -0.325 e. The zero-order valence-electron chi connectivity index (χ0n) is 19.7. The average Bonchev–Trinajstić information content (AvgIpc) is 3.31. The molecule has 2 heterocycles. The monoisotopic (exact) mass is 513 g/mol. The van der Waals surface area contributed by atoms with Gasteiger partial charge < -0.3 is 5.32 Å². The number of nitrogens with zero attached hydrogens (tertiary/aromatic N) is 2. The third-order valence-electron chi connectivity index (χ3n) is 6.22. The Morgan fingerprint density at radius 2 is 1.69 bits per heavy atom. The molecule has 180 valence electrons. The summed E-state index contributed by atoms with van der Waals surface area (Å²) in [6, 6.07) is 24.0. The predicted octanol–water partition coefficient (Wildman–Crippen LogP) is 5.31. The van der Waals surface area contributed by atoms with Gasteiger partial charge in [0.25, 0.3) is 11.8 Å². The number of anilines is 2. The number of para-hydroxylation sites is 1. The Morgan fingerprint density at radius 3 is 2.44 bits per heavy atom. The van der Waals surface area contributed by atoms with Crippen LogP contribution < -0.4 is 10.2 Å². The van der Waals surface area contributed by atoms with Gasteiger partial charge >= 0.3 is 0 Å². The average molecular weight is 514 g/mol. The summed E-state index contributed by atoms with van der Waals surface area (Å²) in [4.78, 5) is 43.4. The van der Waals surface area contributed by atoms with E-state index in [1.807, 2.05) is 74.5 Å². The molecule has 0 radical (unpaired) electrons. The van der Waals surface area contributed by atoms with Crippen LogP contribution in [0.2, 0.25) is 0 Å². The van der Waals surface area contributed by atoms with Crippen LogP contribution in [0, 0.1) is 6.92 Å². The van der Waals surface area contributed by atoms with E-state index in [0.29, 0.717) is 26.2 Å². The van der Waals surface area contributed by atoms with E-state index in [1.165, 1.54) is 4.90 Å². The Hall–Kier alpha value is -3.75. The molecular weight excluding hydrogens is 490 g/mol. The lowest BCUT2D eigenvalue weighted by Gasteiger charge is -2.23. The maximum Gasteiger partial charge on any atom is 0.267 e. The highest BCUT2D eigenvalue weighted by Crippen LogP contribution is 2.46. The molecule has 0 aromatic heterocycles. The summed E-state index contributed by atoms with van der Waals surface area (Å²) in [7, 11) is 0.